The van der Waals surface area contributed by atoms with Crippen molar-refractivity contribution in [3.63, 3.8) is 0 Å². The molecule has 2 aliphatic heterocycles. The van der Waals surface area contributed by atoms with Crippen molar-refractivity contribution in [3.8, 4) is 17.2 Å². The molecule has 1 fully saturated rings. The Bertz CT molecular complexity index is 1580. The zero-order valence-electron chi connectivity index (χ0n) is 18.9. The van der Waals surface area contributed by atoms with E-state index in [4.69, 9.17) is 18.7 Å². The lowest BCUT2D eigenvalue weighted by molar-refractivity contribution is 0.267. The van der Waals surface area contributed by atoms with Gasteiger partial charge in [-0.25, -0.2) is 8.42 Å². The third-order valence-corrected chi connectivity index (χ3v) is 8.38. The fraction of sp³-hybridized carbons (Fsp3) is 0.333. The Hall–Kier alpha value is -3.73. The highest BCUT2D eigenvalue weighted by atomic mass is 32.2. The van der Waals surface area contributed by atoms with Gasteiger partial charge in [0.15, 0.2) is 16.3 Å². The molecule has 2 aromatic carbocycles. The van der Waals surface area contributed by atoms with Crippen molar-refractivity contribution in [2.75, 3.05) is 25.0 Å². The minimum absolute atomic E-state index is 0.0214. The topological polar surface area (TPSA) is 118 Å². The first kappa shape index (κ1) is 20.6. The second kappa shape index (κ2) is 7.38. The number of benzene rings is 2. The van der Waals surface area contributed by atoms with Crippen LogP contribution in [0.3, 0.4) is 0 Å². The normalized spacial score (nSPS) is 19.9. The van der Waals surface area contributed by atoms with Crippen LogP contribution in [-0.4, -0.2) is 43.7 Å². The number of rotatable bonds is 6. The number of ether oxygens (including phenoxy) is 3. The molecule has 0 spiro atoms. The van der Waals surface area contributed by atoms with Crippen molar-refractivity contribution in [1.82, 2.24) is 14.9 Å². The van der Waals surface area contributed by atoms with Crippen LogP contribution in [0, 0.1) is 5.92 Å². The summed E-state index contributed by atoms with van der Waals surface area (Å²) >= 11 is 0. The summed E-state index contributed by atoms with van der Waals surface area (Å²) in [4.78, 5) is -0.0214. The van der Waals surface area contributed by atoms with E-state index in [1.807, 2.05) is 29.1 Å². The molecule has 180 valence electrons. The van der Waals surface area contributed by atoms with Gasteiger partial charge in [-0.1, -0.05) is 11.2 Å². The zero-order chi connectivity index (χ0) is 23.7. The Balaban J connectivity index is 1.31. The maximum Gasteiger partial charge on any atom is 0.270 e. The van der Waals surface area contributed by atoms with Crippen LogP contribution in [0.1, 0.15) is 29.0 Å². The first-order valence-corrected chi connectivity index (χ1v) is 12.9. The number of aromatic nitrogens is 3. The lowest BCUT2D eigenvalue weighted by Crippen LogP contribution is -2.19. The number of sulfonamides is 1. The molecule has 10 nitrogen and oxygen atoms in total. The van der Waals surface area contributed by atoms with Gasteiger partial charge in [-0.3, -0.25) is 9.40 Å². The summed E-state index contributed by atoms with van der Waals surface area (Å²) in [6.45, 7) is 1.54. The molecular weight excluding hydrogens is 472 g/mol. The van der Waals surface area contributed by atoms with Crippen LogP contribution in [0.15, 0.2) is 46.1 Å². The van der Waals surface area contributed by atoms with Crippen LogP contribution < -0.4 is 18.9 Å². The first-order valence-electron chi connectivity index (χ1n) is 11.4. The first-order chi connectivity index (χ1) is 17.0. The van der Waals surface area contributed by atoms with E-state index in [-0.39, 0.29) is 16.5 Å². The zero-order valence-corrected chi connectivity index (χ0v) is 19.7. The largest absolute Gasteiger partial charge is 0.495 e. The Morgan fingerprint density at radius 3 is 3.00 bits per heavy atom. The van der Waals surface area contributed by atoms with Crippen molar-refractivity contribution >= 4 is 26.8 Å². The lowest BCUT2D eigenvalue weighted by atomic mass is 10.0. The molecule has 0 radical (unpaired) electrons. The Kier molecular flexibility index (Phi) is 4.35. The molecule has 2 aromatic heterocycles. The van der Waals surface area contributed by atoms with Crippen LogP contribution >= 0.6 is 0 Å². The summed E-state index contributed by atoms with van der Waals surface area (Å²) in [7, 11) is -2.68. The minimum atomic E-state index is -4.12. The van der Waals surface area contributed by atoms with E-state index < -0.39 is 10.0 Å². The van der Waals surface area contributed by atoms with Crippen LogP contribution in [0.25, 0.3) is 11.0 Å². The summed E-state index contributed by atoms with van der Waals surface area (Å²) < 4.78 is 54.6. The Morgan fingerprint density at radius 1 is 1.26 bits per heavy atom. The van der Waals surface area contributed by atoms with Gasteiger partial charge in [0.2, 0.25) is 0 Å². The third kappa shape index (κ3) is 3.18. The summed E-state index contributed by atoms with van der Waals surface area (Å²) in [6.07, 6.45) is 5.31. The fourth-order valence-electron chi connectivity index (χ4n) is 5.23. The monoisotopic (exact) mass is 494 g/mol. The van der Waals surface area contributed by atoms with E-state index in [1.165, 1.54) is 7.11 Å². The predicted molar refractivity (Wildman–Crippen MR) is 125 cm³/mol. The number of hydrogen-bond donors (Lipinski definition) is 1. The number of methoxy groups -OCH3 is 1. The molecule has 2 atom stereocenters. The average molecular weight is 495 g/mol. The highest BCUT2D eigenvalue weighted by molar-refractivity contribution is 7.93. The number of fused-ring (bicyclic) bond motifs is 6. The van der Waals surface area contributed by atoms with E-state index in [9.17, 15) is 8.42 Å². The summed E-state index contributed by atoms with van der Waals surface area (Å²) in [5.41, 5.74) is 3.32. The van der Waals surface area contributed by atoms with E-state index in [1.54, 1.807) is 12.3 Å². The second-order valence-electron chi connectivity index (χ2n) is 9.08. The quantitative estimate of drug-likeness (QED) is 0.434. The van der Waals surface area contributed by atoms with Gasteiger partial charge in [0.25, 0.3) is 10.0 Å². The molecule has 4 aromatic rings. The van der Waals surface area contributed by atoms with Crippen LogP contribution in [-0.2, 0) is 23.0 Å². The summed E-state index contributed by atoms with van der Waals surface area (Å²) in [5, 5.41) is 8.84. The fourth-order valence-corrected chi connectivity index (χ4v) is 6.56. The molecular formula is C24H22N4O6S. The molecule has 0 amide bonds. The standard InChI is InChI=1S/C24H22N4O6S/c1-31-18-4-3-16-17-9-14(17)12-33-22(16)23(18)35(29,30)27-24-20-19(34-26-24)10-13(11-28-7-2-6-25-28)15-5-8-32-21(15)20/h2-4,6-7,10,14,17H,5,8-9,11-12H2,1H3,(H,26,27). The average Bonchev–Trinajstić information content (AvgIpc) is 3.19. The third-order valence-electron chi connectivity index (χ3n) is 6.99. The van der Waals surface area contributed by atoms with Gasteiger partial charge in [0.1, 0.15) is 22.6 Å². The Morgan fingerprint density at radius 2 is 2.17 bits per heavy atom. The lowest BCUT2D eigenvalue weighted by Gasteiger charge is -2.21. The molecule has 7 rings (SSSR count). The molecule has 0 saturated heterocycles. The smallest absolute Gasteiger partial charge is 0.270 e. The van der Waals surface area contributed by atoms with Crippen molar-refractivity contribution in [2.45, 2.75) is 30.2 Å². The van der Waals surface area contributed by atoms with Crippen LogP contribution in [0.4, 0.5) is 5.82 Å². The maximum absolute atomic E-state index is 13.7. The van der Waals surface area contributed by atoms with Gasteiger partial charge in [0, 0.05) is 30.3 Å². The van der Waals surface area contributed by atoms with E-state index in [0.29, 0.717) is 60.5 Å². The molecule has 2 unspecified atom stereocenters. The van der Waals surface area contributed by atoms with E-state index in [0.717, 1.165) is 23.1 Å². The van der Waals surface area contributed by atoms with Gasteiger partial charge in [-0.05, 0) is 41.7 Å². The molecule has 11 heteroatoms. The molecule has 1 saturated carbocycles. The predicted octanol–water partition coefficient (Wildman–Crippen LogP) is 3.31. The van der Waals surface area contributed by atoms with Crippen LogP contribution in [0.5, 0.6) is 17.2 Å². The van der Waals surface area contributed by atoms with Crippen molar-refractivity contribution in [2.24, 2.45) is 5.92 Å². The highest BCUT2D eigenvalue weighted by Crippen LogP contribution is 2.56. The van der Waals surface area contributed by atoms with Gasteiger partial charge in [-0.2, -0.15) is 5.10 Å². The summed E-state index contributed by atoms with van der Waals surface area (Å²) in [6, 6.07) is 7.31. The van der Waals surface area contributed by atoms with Crippen molar-refractivity contribution in [1.29, 1.82) is 0 Å². The minimum Gasteiger partial charge on any atom is -0.495 e. The molecule has 1 N–H and O–H groups in total. The van der Waals surface area contributed by atoms with Crippen LogP contribution in [0.2, 0.25) is 0 Å². The maximum atomic E-state index is 13.7. The molecule has 0 bridgehead atoms. The van der Waals surface area contributed by atoms with Crippen molar-refractivity contribution < 1.29 is 27.2 Å². The number of nitrogens with one attached hydrogen (secondary N) is 1. The molecule has 35 heavy (non-hydrogen) atoms. The second-order valence-corrected chi connectivity index (χ2v) is 10.7. The SMILES string of the molecule is COc1ccc2c(c1S(=O)(=O)Nc1noc3cc(Cn4cccn4)c4c(c13)OCC4)OCC1CC21. The van der Waals surface area contributed by atoms with Crippen molar-refractivity contribution in [3.05, 3.63) is 53.3 Å². The number of nitrogens with zero attached hydrogens (tertiary/aromatic N) is 3. The molecule has 1 aliphatic carbocycles. The van der Waals surface area contributed by atoms with E-state index in [2.05, 4.69) is 15.0 Å². The number of hydrogen-bond acceptors (Lipinski definition) is 8. The van der Waals surface area contributed by atoms with Gasteiger partial charge < -0.3 is 18.7 Å². The molecule has 4 heterocycles. The molecule has 3 aliphatic rings. The Labute approximate surface area is 200 Å². The van der Waals surface area contributed by atoms with Gasteiger partial charge in [-0.15, -0.1) is 0 Å². The summed E-state index contributed by atoms with van der Waals surface area (Å²) in [5.74, 6) is 2.01. The van der Waals surface area contributed by atoms with E-state index >= 15 is 0 Å². The number of anilines is 1. The van der Waals surface area contributed by atoms with Gasteiger partial charge in [0.05, 0.1) is 26.9 Å². The van der Waals surface area contributed by atoms with Gasteiger partial charge >= 0.3 is 0 Å². The highest BCUT2D eigenvalue weighted by Gasteiger charge is 2.46.